The molecule has 0 bridgehead atoms. The van der Waals surface area contributed by atoms with Crippen molar-refractivity contribution in [2.24, 2.45) is 5.73 Å². The Hall–Kier alpha value is -1.87. The molecule has 0 unspecified atom stereocenters. The van der Waals surface area contributed by atoms with Crippen molar-refractivity contribution in [2.75, 3.05) is 0 Å². The van der Waals surface area contributed by atoms with E-state index < -0.39 is 0 Å². The van der Waals surface area contributed by atoms with Crippen LogP contribution in [0.15, 0.2) is 36.4 Å². The Morgan fingerprint density at radius 3 is 2.21 bits per heavy atom. The summed E-state index contributed by atoms with van der Waals surface area (Å²) in [6, 6.07) is 11.2. The minimum absolute atomic E-state index is 0.197. The molecule has 0 spiro atoms. The maximum Gasteiger partial charge on any atom is 0.134 e. The Balaban J connectivity index is 2.19. The smallest absolute Gasteiger partial charge is 0.134 e. The summed E-state index contributed by atoms with van der Waals surface area (Å²) in [5, 5.41) is 0. The number of aryl methyl sites for hydroxylation is 2. The summed E-state index contributed by atoms with van der Waals surface area (Å²) in [5.74, 6) is 0.552. The number of rotatable bonds is 4. The van der Waals surface area contributed by atoms with Crippen LogP contribution >= 0.6 is 0 Å². The highest BCUT2D eigenvalue weighted by Crippen LogP contribution is 2.24. The van der Waals surface area contributed by atoms with Crippen LogP contribution in [0.1, 0.15) is 22.3 Å². The monoisotopic (exact) mass is 259 g/mol. The molecule has 19 heavy (non-hydrogen) atoms. The molecule has 2 aromatic rings. The number of ether oxygens (including phenoxy) is 1. The first-order chi connectivity index (χ1) is 9.13. The second-order valence-corrected chi connectivity index (χ2v) is 4.60. The fraction of sp³-hybridized carbons (Fsp3) is 0.250. The maximum atomic E-state index is 14.0. The van der Waals surface area contributed by atoms with E-state index >= 15 is 0 Å². The van der Waals surface area contributed by atoms with Gasteiger partial charge < -0.3 is 10.5 Å². The number of halogens is 1. The standard InChI is InChI=1S/C16H18FNO/c1-11-5-3-6-12(2)16(11)19-10-14-8-4-7-13(9-18)15(14)17/h3-8H,9-10,18H2,1-2H3. The van der Waals surface area contributed by atoms with E-state index in [0.29, 0.717) is 11.1 Å². The minimum Gasteiger partial charge on any atom is -0.488 e. The van der Waals surface area contributed by atoms with Crippen LogP contribution in [0.25, 0.3) is 0 Å². The average molecular weight is 259 g/mol. The van der Waals surface area contributed by atoms with Gasteiger partial charge in [-0.2, -0.15) is 0 Å². The zero-order valence-electron chi connectivity index (χ0n) is 11.2. The predicted octanol–water partition coefficient (Wildman–Crippen LogP) is 3.48. The molecule has 0 aliphatic carbocycles. The highest BCUT2D eigenvalue weighted by molar-refractivity contribution is 5.40. The summed E-state index contributed by atoms with van der Waals surface area (Å²) in [7, 11) is 0. The van der Waals surface area contributed by atoms with Gasteiger partial charge in [0.2, 0.25) is 0 Å². The molecule has 0 aliphatic rings. The molecular formula is C16H18FNO. The van der Waals surface area contributed by atoms with Gasteiger partial charge in [-0.1, -0.05) is 36.4 Å². The third kappa shape index (κ3) is 2.93. The molecule has 2 N–H and O–H groups in total. The van der Waals surface area contributed by atoms with Crippen molar-refractivity contribution in [3.63, 3.8) is 0 Å². The lowest BCUT2D eigenvalue weighted by Crippen LogP contribution is -2.06. The van der Waals surface area contributed by atoms with E-state index in [9.17, 15) is 4.39 Å². The second-order valence-electron chi connectivity index (χ2n) is 4.60. The molecule has 2 rings (SSSR count). The molecule has 0 radical (unpaired) electrons. The Morgan fingerprint density at radius 1 is 1.00 bits per heavy atom. The maximum absolute atomic E-state index is 14.0. The minimum atomic E-state index is -0.267. The van der Waals surface area contributed by atoms with Crippen LogP contribution in [-0.2, 0) is 13.2 Å². The van der Waals surface area contributed by atoms with Crippen molar-refractivity contribution >= 4 is 0 Å². The quantitative estimate of drug-likeness (QED) is 0.912. The number of hydrogen-bond donors (Lipinski definition) is 1. The first-order valence-corrected chi connectivity index (χ1v) is 6.29. The predicted molar refractivity (Wildman–Crippen MR) is 74.5 cm³/mol. The van der Waals surface area contributed by atoms with E-state index in [4.69, 9.17) is 10.5 Å². The van der Waals surface area contributed by atoms with Gasteiger partial charge in [0.25, 0.3) is 0 Å². The van der Waals surface area contributed by atoms with Crippen LogP contribution in [0.2, 0.25) is 0 Å². The molecule has 100 valence electrons. The first kappa shape index (κ1) is 13.6. The molecule has 0 aromatic heterocycles. The summed E-state index contributed by atoms with van der Waals surface area (Å²) >= 11 is 0. The van der Waals surface area contributed by atoms with Crippen molar-refractivity contribution in [1.82, 2.24) is 0 Å². The molecule has 0 saturated heterocycles. The third-order valence-electron chi connectivity index (χ3n) is 3.16. The van der Waals surface area contributed by atoms with Gasteiger partial charge in [-0.05, 0) is 25.0 Å². The van der Waals surface area contributed by atoms with Gasteiger partial charge in [-0.3, -0.25) is 0 Å². The van der Waals surface area contributed by atoms with Gasteiger partial charge in [0.1, 0.15) is 18.2 Å². The first-order valence-electron chi connectivity index (χ1n) is 6.29. The molecule has 3 heteroatoms. The zero-order chi connectivity index (χ0) is 13.8. The normalized spacial score (nSPS) is 10.5. The molecule has 0 heterocycles. The summed E-state index contributed by atoms with van der Waals surface area (Å²) < 4.78 is 19.8. The van der Waals surface area contributed by atoms with E-state index in [1.807, 2.05) is 32.0 Å². The number of hydrogen-bond acceptors (Lipinski definition) is 2. The Morgan fingerprint density at radius 2 is 1.58 bits per heavy atom. The van der Waals surface area contributed by atoms with Crippen LogP contribution in [0.5, 0.6) is 5.75 Å². The highest BCUT2D eigenvalue weighted by Gasteiger charge is 2.09. The Labute approximate surface area is 113 Å². The largest absolute Gasteiger partial charge is 0.488 e. The van der Waals surface area contributed by atoms with Crippen molar-refractivity contribution < 1.29 is 9.13 Å². The van der Waals surface area contributed by atoms with Gasteiger partial charge in [0.05, 0.1) is 0 Å². The van der Waals surface area contributed by atoms with Crippen LogP contribution in [0.4, 0.5) is 4.39 Å². The van der Waals surface area contributed by atoms with E-state index in [1.54, 1.807) is 18.2 Å². The van der Waals surface area contributed by atoms with Crippen molar-refractivity contribution in [2.45, 2.75) is 27.0 Å². The van der Waals surface area contributed by atoms with Crippen molar-refractivity contribution in [1.29, 1.82) is 0 Å². The van der Waals surface area contributed by atoms with Crippen LogP contribution in [0, 0.1) is 19.7 Å². The molecule has 0 atom stereocenters. The van der Waals surface area contributed by atoms with Gasteiger partial charge in [-0.15, -0.1) is 0 Å². The van der Waals surface area contributed by atoms with Gasteiger partial charge in [0.15, 0.2) is 0 Å². The fourth-order valence-corrected chi connectivity index (χ4v) is 2.08. The number of nitrogens with two attached hydrogens (primary N) is 1. The summed E-state index contributed by atoms with van der Waals surface area (Å²) in [6.45, 7) is 4.37. The molecular weight excluding hydrogens is 241 g/mol. The van der Waals surface area contributed by atoms with E-state index in [1.165, 1.54) is 0 Å². The van der Waals surface area contributed by atoms with Gasteiger partial charge in [-0.25, -0.2) is 4.39 Å². The molecule has 2 nitrogen and oxygen atoms in total. The summed E-state index contributed by atoms with van der Waals surface area (Å²) in [4.78, 5) is 0. The van der Waals surface area contributed by atoms with Crippen molar-refractivity contribution in [3.8, 4) is 5.75 Å². The fourth-order valence-electron chi connectivity index (χ4n) is 2.08. The van der Waals surface area contributed by atoms with Crippen LogP contribution in [0.3, 0.4) is 0 Å². The zero-order valence-corrected chi connectivity index (χ0v) is 11.2. The summed E-state index contributed by atoms with van der Waals surface area (Å²) in [6.07, 6.45) is 0. The number of benzene rings is 2. The Kier molecular flexibility index (Phi) is 4.17. The lowest BCUT2D eigenvalue weighted by molar-refractivity contribution is 0.295. The molecule has 0 amide bonds. The molecule has 0 saturated carbocycles. The van der Waals surface area contributed by atoms with Crippen LogP contribution < -0.4 is 10.5 Å². The highest BCUT2D eigenvalue weighted by atomic mass is 19.1. The van der Waals surface area contributed by atoms with E-state index in [2.05, 4.69) is 0 Å². The second kappa shape index (κ2) is 5.85. The molecule has 2 aromatic carbocycles. The van der Waals surface area contributed by atoms with E-state index in [-0.39, 0.29) is 19.0 Å². The van der Waals surface area contributed by atoms with Crippen molar-refractivity contribution in [3.05, 3.63) is 64.5 Å². The lowest BCUT2D eigenvalue weighted by atomic mass is 10.1. The topological polar surface area (TPSA) is 35.2 Å². The van der Waals surface area contributed by atoms with Gasteiger partial charge in [0, 0.05) is 17.7 Å². The average Bonchev–Trinajstić information content (AvgIpc) is 2.40. The SMILES string of the molecule is Cc1cccc(C)c1OCc1cccc(CN)c1F. The Bertz CT molecular complexity index is 561. The van der Waals surface area contributed by atoms with Gasteiger partial charge >= 0.3 is 0 Å². The molecule has 0 aliphatic heterocycles. The molecule has 0 fully saturated rings. The lowest BCUT2D eigenvalue weighted by Gasteiger charge is -2.13. The van der Waals surface area contributed by atoms with Crippen LogP contribution in [-0.4, -0.2) is 0 Å². The van der Waals surface area contributed by atoms with E-state index in [0.717, 1.165) is 16.9 Å². The number of para-hydroxylation sites is 1. The third-order valence-corrected chi connectivity index (χ3v) is 3.16. The summed E-state index contributed by atoms with van der Waals surface area (Å²) in [5.41, 5.74) is 8.65.